The van der Waals surface area contributed by atoms with Gasteiger partial charge in [-0.2, -0.15) is 5.10 Å². The molecule has 12 heavy (non-hydrogen) atoms. The molecule has 0 aliphatic rings. The maximum atomic E-state index is 4.24. The predicted molar refractivity (Wildman–Crippen MR) is 53.2 cm³/mol. The lowest BCUT2D eigenvalue weighted by Gasteiger charge is -2.14. The zero-order valence-corrected chi connectivity index (χ0v) is 9.00. The van der Waals surface area contributed by atoms with Crippen LogP contribution in [0.5, 0.6) is 0 Å². The summed E-state index contributed by atoms with van der Waals surface area (Å²) in [5, 5.41) is 7.39. The summed E-state index contributed by atoms with van der Waals surface area (Å²) in [6.45, 7) is 3.13. The molecule has 1 heterocycles. The van der Waals surface area contributed by atoms with Gasteiger partial charge in [0.25, 0.3) is 0 Å². The number of likely N-dealkylation sites (N-methyl/N-ethyl adjacent to an activating group) is 1. The molecule has 0 saturated carbocycles. The fraction of sp³-hybridized carbons (Fsp3) is 0.625. The number of aromatic nitrogens is 2. The van der Waals surface area contributed by atoms with Crippen molar-refractivity contribution in [3.05, 3.63) is 16.9 Å². The summed E-state index contributed by atoms with van der Waals surface area (Å²) in [5.41, 5.74) is 0. The van der Waals surface area contributed by atoms with E-state index in [1.807, 2.05) is 24.1 Å². The molecule has 1 aromatic rings. The van der Waals surface area contributed by atoms with Gasteiger partial charge in [0.05, 0.1) is 16.7 Å². The highest BCUT2D eigenvalue weighted by Gasteiger charge is 2.07. The van der Waals surface area contributed by atoms with Crippen molar-refractivity contribution < 1.29 is 0 Å². The lowest BCUT2D eigenvalue weighted by Crippen LogP contribution is -2.22. The lowest BCUT2D eigenvalue weighted by molar-refractivity contribution is 0.425. The first-order valence-corrected chi connectivity index (χ1v) is 4.91. The van der Waals surface area contributed by atoms with E-state index in [0.717, 1.165) is 17.4 Å². The Bertz CT molecular complexity index is 234. The minimum absolute atomic E-state index is 0.460. The molecule has 0 aromatic carbocycles. The molecule has 1 aromatic heterocycles. The predicted octanol–water partition coefficient (Wildman–Crippen LogP) is 1.82. The Morgan fingerprint density at radius 1 is 1.75 bits per heavy atom. The molecule has 0 aliphatic carbocycles. The second kappa shape index (κ2) is 4.62. The van der Waals surface area contributed by atoms with E-state index in [9.17, 15) is 0 Å². The lowest BCUT2D eigenvalue weighted by atomic mass is 10.2. The first-order chi connectivity index (χ1) is 5.77. The highest BCUT2D eigenvalue weighted by Crippen LogP contribution is 2.13. The Morgan fingerprint density at radius 2 is 2.50 bits per heavy atom. The van der Waals surface area contributed by atoms with Gasteiger partial charge in [-0.15, -0.1) is 0 Å². The molecular weight excluding hydrogens is 218 g/mol. The normalized spacial score (nSPS) is 13.2. The number of hydrogen-bond acceptors (Lipinski definition) is 2. The van der Waals surface area contributed by atoms with Crippen LogP contribution in [0.2, 0.25) is 0 Å². The van der Waals surface area contributed by atoms with Crippen LogP contribution in [0.15, 0.2) is 16.9 Å². The van der Waals surface area contributed by atoms with Crippen LogP contribution in [-0.4, -0.2) is 23.4 Å². The third-order valence-corrected chi connectivity index (χ3v) is 2.26. The smallest absolute Gasteiger partial charge is 0.0641 e. The fourth-order valence-corrected chi connectivity index (χ4v) is 1.48. The summed E-state index contributed by atoms with van der Waals surface area (Å²) >= 11 is 3.38. The van der Waals surface area contributed by atoms with Crippen LogP contribution in [0.1, 0.15) is 19.4 Å². The third-order valence-electron chi connectivity index (χ3n) is 1.86. The zero-order chi connectivity index (χ0) is 8.97. The van der Waals surface area contributed by atoms with E-state index in [0.29, 0.717) is 6.04 Å². The molecule has 0 amide bonds. The molecule has 0 spiro atoms. The average Bonchev–Trinajstić information content (AvgIpc) is 2.47. The van der Waals surface area contributed by atoms with Gasteiger partial charge < -0.3 is 5.32 Å². The minimum atomic E-state index is 0.460. The topological polar surface area (TPSA) is 29.9 Å². The van der Waals surface area contributed by atoms with Crippen molar-refractivity contribution in [2.45, 2.75) is 19.4 Å². The molecule has 0 radical (unpaired) electrons. The second-order valence-corrected chi connectivity index (χ2v) is 3.67. The number of hydrogen-bond donors (Lipinski definition) is 1. The van der Waals surface area contributed by atoms with E-state index in [1.54, 1.807) is 0 Å². The largest absolute Gasteiger partial charge is 0.318 e. The van der Waals surface area contributed by atoms with Crippen molar-refractivity contribution >= 4 is 15.9 Å². The molecule has 1 unspecified atom stereocenters. The first-order valence-electron chi connectivity index (χ1n) is 4.12. The standard InChI is InChI=1S/C8H14BrN3/c1-3-8(5-10-2)12-6-7(9)4-11-12/h4,6,8,10H,3,5H2,1-2H3. The molecule has 1 atom stereocenters. The van der Waals surface area contributed by atoms with Crippen LogP contribution in [0.3, 0.4) is 0 Å². The molecule has 0 saturated heterocycles. The van der Waals surface area contributed by atoms with Crippen molar-refractivity contribution in [1.82, 2.24) is 15.1 Å². The highest BCUT2D eigenvalue weighted by atomic mass is 79.9. The summed E-state index contributed by atoms with van der Waals surface area (Å²) in [5.74, 6) is 0. The Balaban J connectivity index is 2.66. The molecule has 0 aliphatic heterocycles. The van der Waals surface area contributed by atoms with Crippen molar-refractivity contribution in [1.29, 1.82) is 0 Å². The van der Waals surface area contributed by atoms with Gasteiger partial charge in [0, 0.05) is 12.7 Å². The molecule has 1 rings (SSSR count). The number of rotatable bonds is 4. The van der Waals surface area contributed by atoms with Crippen LogP contribution in [0, 0.1) is 0 Å². The Kier molecular flexibility index (Phi) is 3.75. The summed E-state index contributed by atoms with van der Waals surface area (Å²) < 4.78 is 3.03. The number of nitrogens with one attached hydrogen (secondary N) is 1. The summed E-state index contributed by atoms with van der Waals surface area (Å²) in [6, 6.07) is 0.460. The van der Waals surface area contributed by atoms with Crippen molar-refractivity contribution in [3.8, 4) is 0 Å². The maximum absolute atomic E-state index is 4.24. The minimum Gasteiger partial charge on any atom is -0.318 e. The molecule has 0 bridgehead atoms. The SMILES string of the molecule is CCC(CNC)n1cc(Br)cn1. The molecule has 3 nitrogen and oxygen atoms in total. The molecular formula is C8H14BrN3. The molecule has 4 heteroatoms. The Hall–Kier alpha value is -0.350. The Labute approximate surface area is 81.3 Å². The quantitative estimate of drug-likeness (QED) is 0.858. The van der Waals surface area contributed by atoms with Crippen molar-refractivity contribution in [3.63, 3.8) is 0 Å². The van der Waals surface area contributed by atoms with Crippen LogP contribution in [-0.2, 0) is 0 Å². The van der Waals surface area contributed by atoms with Crippen molar-refractivity contribution in [2.75, 3.05) is 13.6 Å². The van der Waals surface area contributed by atoms with Crippen molar-refractivity contribution in [2.24, 2.45) is 0 Å². The van der Waals surface area contributed by atoms with E-state index >= 15 is 0 Å². The number of nitrogens with zero attached hydrogens (tertiary/aromatic N) is 2. The van der Waals surface area contributed by atoms with Gasteiger partial charge >= 0.3 is 0 Å². The van der Waals surface area contributed by atoms with E-state index in [1.165, 1.54) is 0 Å². The van der Waals surface area contributed by atoms with Crippen LogP contribution >= 0.6 is 15.9 Å². The highest BCUT2D eigenvalue weighted by molar-refractivity contribution is 9.10. The van der Waals surface area contributed by atoms with Crippen LogP contribution < -0.4 is 5.32 Å². The van der Waals surface area contributed by atoms with Crippen LogP contribution in [0.25, 0.3) is 0 Å². The molecule has 1 N–H and O–H groups in total. The van der Waals surface area contributed by atoms with E-state index in [-0.39, 0.29) is 0 Å². The van der Waals surface area contributed by atoms with E-state index in [4.69, 9.17) is 0 Å². The van der Waals surface area contributed by atoms with Gasteiger partial charge in [-0.05, 0) is 29.4 Å². The van der Waals surface area contributed by atoms with Gasteiger partial charge in [0.2, 0.25) is 0 Å². The summed E-state index contributed by atoms with van der Waals surface area (Å²) in [4.78, 5) is 0. The van der Waals surface area contributed by atoms with E-state index < -0.39 is 0 Å². The average molecular weight is 232 g/mol. The molecule has 68 valence electrons. The monoisotopic (exact) mass is 231 g/mol. The van der Waals surface area contributed by atoms with Gasteiger partial charge in [0.1, 0.15) is 0 Å². The maximum Gasteiger partial charge on any atom is 0.0641 e. The van der Waals surface area contributed by atoms with Crippen LogP contribution in [0.4, 0.5) is 0 Å². The summed E-state index contributed by atoms with van der Waals surface area (Å²) in [7, 11) is 1.96. The summed E-state index contributed by atoms with van der Waals surface area (Å²) in [6.07, 6.45) is 4.92. The Morgan fingerprint density at radius 3 is 2.92 bits per heavy atom. The third kappa shape index (κ3) is 2.32. The van der Waals surface area contributed by atoms with Gasteiger partial charge in [-0.3, -0.25) is 4.68 Å². The van der Waals surface area contributed by atoms with Gasteiger partial charge in [-0.25, -0.2) is 0 Å². The first kappa shape index (κ1) is 9.74. The second-order valence-electron chi connectivity index (χ2n) is 2.76. The molecule has 0 fully saturated rings. The fourth-order valence-electron chi connectivity index (χ4n) is 1.18. The van der Waals surface area contributed by atoms with E-state index in [2.05, 4.69) is 33.3 Å². The van der Waals surface area contributed by atoms with Gasteiger partial charge in [0.15, 0.2) is 0 Å². The van der Waals surface area contributed by atoms with Gasteiger partial charge in [-0.1, -0.05) is 6.92 Å². The number of halogens is 1. The zero-order valence-electron chi connectivity index (χ0n) is 7.42.